The van der Waals surface area contributed by atoms with E-state index in [1.807, 2.05) is 38.1 Å². The van der Waals surface area contributed by atoms with E-state index in [9.17, 15) is 13.2 Å². The second-order valence-corrected chi connectivity index (χ2v) is 7.84. The monoisotopic (exact) mass is 310 g/mol. The highest BCUT2D eigenvalue weighted by atomic mass is 32.2. The molecule has 21 heavy (non-hydrogen) atoms. The molecule has 2 atom stereocenters. The van der Waals surface area contributed by atoms with Crippen LogP contribution in [0.2, 0.25) is 0 Å². The molecule has 5 nitrogen and oxygen atoms in total. The molecule has 1 aromatic carbocycles. The van der Waals surface area contributed by atoms with E-state index in [2.05, 4.69) is 10.6 Å². The molecule has 2 rings (SSSR count). The molecule has 1 unspecified atom stereocenters. The van der Waals surface area contributed by atoms with Gasteiger partial charge < -0.3 is 10.6 Å². The van der Waals surface area contributed by atoms with Gasteiger partial charge in [0.2, 0.25) is 5.91 Å². The van der Waals surface area contributed by atoms with Crippen LogP contribution in [0.15, 0.2) is 24.3 Å². The van der Waals surface area contributed by atoms with Gasteiger partial charge in [-0.05, 0) is 25.0 Å². The van der Waals surface area contributed by atoms with Crippen LogP contribution in [0.25, 0.3) is 0 Å². The Kier molecular flexibility index (Phi) is 5.00. The smallest absolute Gasteiger partial charge is 0.222 e. The standard InChI is InChI=1S/C15H22N2O3S/c1-11-5-3-4-6-14(11)12(2)17-15(18)9-13-10-21(19,20)8-7-16-13/h3-6,12-13,16H,7-10H2,1-2H3,(H,17,18)/t12-,13?/m0/s1. The Hall–Kier alpha value is -1.40. The maximum atomic E-state index is 12.1. The van der Waals surface area contributed by atoms with Gasteiger partial charge in [0, 0.05) is 19.0 Å². The molecule has 116 valence electrons. The molecular formula is C15H22N2O3S. The highest BCUT2D eigenvalue weighted by Gasteiger charge is 2.26. The van der Waals surface area contributed by atoms with Crippen LogP contribution in [0.4, 0.5) is 0 Å². The summed E-state index contributed by atoms with van der Waals surface area (Å²) in [5, 5.41) is 6.03. The van der Waals surface area contributed by atoms with Gasteiger partial charge >= 0.3 is 0 Å². The SMILES string of the molecule is Cc1ccccc1[C@H](C)NC(=O)CC1CS(=O)(=O)CCN1. The number of rotatable bonds is 4. The van der Waals surface area contributed by atoms with Gasteiger partial charge in [0.1, 0.15) is 0 Å². The molecule has 1 heterocycles. The largest absolute Gasteiger partial charge is 0.350 e. The predicted molar refractivity (Wildman–Crippen MR) is 82.8 cm³/mol. The van der Waals surface area contributed by atoms with Gasteiger partial charge in [-0.2, -0.15) is 0 Å². The van der Waals surface area contributed by atoms with E-state index in [0.717, 1.165) is 11.1 Å². The van der Waals surface area contributed by atoms with Crippen LogP contribution in [0.5, 0.6) is 0 Å². The van der Waals surface area contributed by atoms with Crippen LogP contribution >= 0.6 is 0 Å². The Balaban J connectivity index is 1.91. The minimum Gasteiger partial charge on any atom is -0.350 e. The lowest BCUT2D eigenvalue weighted by Gasteiger charge is -2.24. The van der Waals surface area contributed by atoms with Gasteiger partial charge in [0.05, 0.1) is 17.5 Å². The number of carbonyl (C=O) groups excluding carboxylic acids is 1. The lowest BCUT2D eigenvalue weighted by molar-refractivity contribution is -0.122. The van der Waals surface area contributed by atoms with E-state index in [1.54, 1.807) is 0 Å². The first-order valence-corrected chi connectivity index (χ1v) is 8.98. The number of hydrogen-bond donors (Lipinski definition) is 2. The van der Waals surface area contributed by atoms with Crippen LogP contribution in [0.1, 0.15) is 30.5 Å². The summed E-state index contributed by atoms with van der Waals surface area (Å²) in [6.45, 7) is 4.37. The summed E-state index contributed by atoms with van der Waals surface area (Å²) in [7, 11) is -3.01. The van der Waals surface area contributed by atoms with E-state index in [4.69, 9.17) is 0 Å². The molecule has 1 aliphatic rings. The number of amides is 1. The zero-order valence-corrected chi connectivity index (χ0v) is 13.2. The lowest BCUT2D eigenvalue weighted by Crippen LogP contribution is -2.47. The Bertz CT molecular complexity index is 613. The van der Waals surface area contributed by atoms with Gasteiger partial charge in [-0.25, -0.2) is 8.42 Å². The lowest BCUT2D eigenvalue weighted by atomic mass is 10.0. The number of hydrogen-bond acceptors (Lipinski definition) is 4. The highest BCUT2D eigenvalue weighted by molar-refractivity contribution is 7.91. The number of aryl methyl sites for hydroxylation is 1. The first kappa shape index (κ1) is 16.0. The number of nitrogens with one attached hydrogen (secondary N) is 2. The summed E-state index contributed by atoms with van der Waals surface area (Å²) in [5.41, 5.74) is 2.21. The van der Waals surface area contributed by atoms with Crippen molar-refractivity contribution < 1.29 is 13.2 Å². The zero-order chi connectivity index (χ0) is 15.5. The van der Waals surface area contributed by atoms with Crippen molar-refractivity contribution in [3.63, 3.8) is 0 Å². The topological polar surface area (TPSA) is 75.3 Å². The van der Waals surface area contributed by atoms with E-state index in [1.165, 1.54) is 0 Å². The number of carbonyl (C=O) groups is 1. The van der Waals surface area contributed by atoms with Crippen molar-refractivity contribution in [3.05, 3.63) is 35.4 Å². The summed E-state index contributed by atoms with van der Waals surface area (Å²) in [5.74, 6) is 0.0736. The molecule has 1 amide bonds. The van der Waals surface area contributed by atoms with Crippen molar-refractivity contribution in [1.29, 1.82) is 0 Å². The molecule has 2 N–H and O–H groups in total. The van der Waals surface area contributed by atoms with Crippen molar-refractivity contribution in [2.45, 2.75) is 32.4 Å². The van der Waals surface area contributed by atoms with Crippen LogP contribution in [-0.4, -0.2) is 38.4 Å². The maximum absolute atomic E-state index is 12.1. The second-order valence-electron chi connectivity index (χ2n) is 5.62. The van der Waals surface area contributed by atoms with E-state index in [0.29, 0.717) is 6.54 Å². The summed E-state index contributed by atoms with van der Waals surface area (Å²) < 4.78 is 23.1. The van der Waals surface area contributed by atoms with Crippen molar-refractivity contribution in [2.75, 3.05) is 18.1 Å². The molecule has 0 radical (unpaired) electrons. The van der Waals surface area contributed by atoms with Crippen LogP contribution in [0.3, 0.4) is 0 Å². The van der Waals surface area contributed by atoms with Crippen molar-refractivity contribution >= 4 is 15.7 Å². The Morgan fingerprint density at radius 2 is 2.14 bits per heavy atom. The Morgan fingerprint density at radius 3 is 2.81 bits per heavy atom. The fourth-order valence-electron chi connectivity index (χ4n) is 2.67. The molecule has 0 saturated carbocycles. The Labute approximate surface area is 126 Å². The van der Waals surface area contributed by atoms with Crippen LogP contribution in [-0.2, 0) is 14.6 Å². The normalized spacial score (nSPS) is 22.5. The van der Waals surface area contributed by atoms with E-state index < -0.39 is 9.84 Å². The molecule has 1 aromatic rings. The summed E-state index contributed by atoms with van der Waals surface area (Å²) in [6, 6.07) is 7.54. The van der Waals surface area contributed by atoms with Gasteiger partial charge in [0.25, 0.3) is 0 Å². The average Bonchev–Trinajstić information content (AvgIpc) is 2.37. The van der Waals surface area contributed by atoms with Crippen molar-refractivity contribution in [2.24, 2.45) is 0 Å². The van der Waals surface area contributed by atoms with Gasteiger partial charge in [-0.3, -0.25) is 4.79 Å². The summed E-state index contributed by atoms with van der Waals surface area (Å²) in [6.07, 6.45) is 0.190. The average molecular weight is 310 g/mol. The van der Waals surface area contributed by atoms with Crippen molar-refractivity contribution in [1.82, 2.24) is 10.6 Å². The fourth-order valence-corrected chi connectivity index (χ4v) is 4.12. The molecule has 0 bridgehead atoms. The molecule has 6 heteroatoms. The Morgan fingerprint density at radius 1 is 1.43 bits per heavy atom. The van der Waals surface area contributed by atoms with E-state index >= 15 is 0 Å². The number of benzene rings is 1. The minimum absolute atomic E-state index is 0.0408. The molecule has 1 aliphatic heterocycles. The highest BCUT2D eigenvalue weighted by Crippen LogP contribution is 2.17. The van der Waals surface area contributed by atoms with Gasteiger partial charge in [-0.1, -0.05) is 24.3 Å². The maximum Gasteiger partial charge on any atom is 0.222 e. The molecule has 0 aliphatic carbocycles. The second kappa shape index (κ2) is 6.58. The third-order valence-corrected chi connectivity index (χ3v) is 5.50. The van der Waals surface area contributed by atoms with E-state index in [-0.39, 0.29) is 35.9 Å². The number of sulfone groups is 1. The minimum atomic E-state index is -3.01. The summed E-state index contributed by atoms with van der Waals surface area (Å²) >= 11 is 0. The molecule has 1 saturated heterocycles. The van der Waals surface area contributed by atoms with Crippen LogP contribution < -0.4 is 10.6 Å². The van der Waals surface area contributed by atoms with Gasteiger partial charge in [-0.15, -0.1) is 0 Å². The fraction of sp³-hybridized carbons (Fsp3) is 0.533. The van der Waals surface area contributed by atoms with Crippen LogP contribution in [0, 0.1) is 6.92 Å². The first-order chi connectivity index (χ1) is 9.87. The molecule has 0 spiro atoms. The zero-order valence-electron chi connectivity index (χ0n) is 12.4. The third-order valence-electron chi connectivity index (χ3n) is 3.77. The third kappa shape index (κ3) is 4.54. The van der Waals surface area contributed by atoms with Crippen molar-refractivity contribution in [3.8, 4) is 0 Å². The molecular weight excluding hydrogens is 288 g/mol. The summed E-state index contributed by atoms with van der Waals surface area (Å²) in [4.78, 5) is 12.1. The first-order valence-electron chi connectivity index (χ1n) is 7.16. The predicted octanol–water partition coefficient (Wildman–Crippen LogP) is 0.949. The molecule has 1 fully saturated rings. The molecule has 0 aromatic heterocycles. The van der Waals surface area contributed by atoms with Gasteiger partial charge in [0.15, 0.2) is 9.84 Å². The quantitative estimate of drug-likeness (QED) is 0.868.